The maximum Gasteiger partial charge on any atom is 0.253 e. The Labute approximate surface area is 115 Å². The highest BCUT2D eigenvalue weighted by atomic mass is 35.5. The van der Waals surface area contributed by atoms with Crippen LogP contribution in [0, 0.1) is 6.92 Å². The zero-order chi connectivity index (χ0) is 13.8. The SMILES string of the molecule is Cc1nccc(CNC(=O)c2cnc(N)c(Cl)c2)n1. The second-order valence-corrected chi connectivity index (χ2v) is 4.28. The van der Waals surface area contributed by atoms with Crippen molar-refractivity contribution in [3.63, 3.8) is 0 Å². The molecule has 6 nitrogen and oxygen atoms in total. The lowest BCUT2D eigenvalue weighted by Crippen LogP contribution is -2.23. The number of rotatable bonds is 3. The van der Waals surface area contributed by atoms with E-state index in [1.807, 2.05) is 0 Å². The Kier molecular flexibility index (Phi) is 3.91. The van der Waals surface area contributed by atoms with Gasteiger partial charge in [0.1, 0.15) is 11.6 Å². The number of amides is 1. The van der Waals surface area contributed by atoms with Gasteiger partial charge in [0.15, 0.2) is 0 Å². The number of nitrogens with zero attached hydrogens (tertiary/aromatic N) is 3. The number of halogens is 1. The number of nitrogens with two attached hydrogens (primary N) is 1. The van der Waals surface area contributed by atoms with E-state index in [-0.39, 0.29) is 16.7 Å². The van der Waals surface area contributed by atoms with Gasteiger partial charge in [-0.25, -0.2) is 15.0 Å². The second kappa shape index (κ2) is 5.62. The molecule has 98 valence electrons. The van der Waals surface area contributed by atoms with Gasteiger partial charge < -0.3 is 11.1 Å². The first kappa shape index (κ1) is 13.2. The van der Waals surface area contributed by atoms with Crippen molar-refractivity contribution in [2.24, 2.45) is 0 Å². The van der Waals surface area contributed by atoms with E-state index >= 15 is 0 Å². The van der Waals surface area contributed by atoms with Gasteiger partial charge in [0.05, 0.1) is 22.8 Å². The minimum absolute atomic E-state index is 0.199. The minimum Gasteiger partial charge on any atom is -0.382 e. The molecule has 0 bridgehead atoms. The van der Waals surface area contributed by atoms with Crippen LogP contribution in [-0.4, -0.2) is 20.9 Å². The molecule has 0 fully saturated rings. The third-order valence-corrected chi connectivity index (χ3v) is 2.70. The first-order valence-corrected chi connectivity index (χ1v) is 5.92. The van der Waals surface area contributed by atoms with Crippen LogP contribution < -0.4 is 11.1 Å². The lowest BCUT2D eigenvalue weighted by Gasteiger charge is -2.06. The maximum atomic E-state index is 11.9. The fraction of sp³-hybridized carbons (Fsp3) is 0.167. The largest absolute Gasteiger partial charge is 0.382 e. The molecule has 0 radical (unpaired) electrons. The maximum absolute atomic E-state index is 11.9. The van der Waals surface area contributed by atoms with Crippen LogP contribution in [0.4, 0.5) is 5.82 Å². The van der Waals surface area contributed by atoms with Crippen LogP contribution in [0.2, 0.25) is 5.02 Å². The molecule has 0 spiro atoms. The summed E-state index contributed by atoms with van der Waals surface area (Å²) in [7, 11) is 0. The number of pyridine rings is 1. The highest BCUT2D eigenvalue weighted by Crippen LogP contribution is 2.16. The van der Waals surface area contributed by atoms with Gasteiger partial charge in [0, 0.05) is 12.4 Å². The molecule has 0 saturated heterocycles. The van der Waals surface area contributed by atoms with Gasteiger partial charge in [-0.3, -0.25) is 4.79 Å². The van der Waals surface area contributed by atoms with Gasteiger partial charge in [0.2, 0.25) is 0 Å². The normalized spacial score (nSPS) is 10.2. The van der Waals surface area contributed by atoms with Crippen molar-refractivity contribution >= 4 is 23.3 Å². The highest BCUT2D eigenvalue weighted by molar-refractivity contribution is 6.33. The lowest BCUT2D eigenvalue weighted by atomic mass is 10.2. The third-order valence-electron chi connectivity index (χ3n) is 2.40. The summed E-state index contributed by atoms with van der Waals surface area (Å²) in [5.74, 6) is 0.569. The topological polar surface area (TPSA) is 93.8 Å². The smallest absolute Gasteiger partial charge is 0.253 e. The van der Waals surface area contributed by atoms with E-state index < -0.39 is 0 Å². The van der Waals surface area contributed by atoms with Crippen LogP contribution in [-0.2, 0) is 6.54 Å². The molecule has 0 saturated carbocycles. The van der Waals surface area contributed by atoms with Gasteiger partial charge in [-0.05, 0) is 19.1 Å². The van der Waals surface area contributed by atoms with Crippen molar-refractivity contribution in [2.75, 3.05) is 5.73 Å². The van der Waals surface area contributed by atoms with E-state index in [2.05, 4.69) is 20.3 Å². The summed E-state index contributed by atoms with van der Waals surface area (Å²) in [6.07, 6.45) is 3.02. The third kappa shape index (κ3) is 3.38. The number of anilines is 1. The predicted molar refractivity (Wildman–Crippen MR) is 71.6 cm³/mol. The summed E-state index contributed by atoms with van der Waals surface area (Å²) in [5, 5.41) is 2.98. The van der Waals surface area contributed by atoms with Crippen molar-refractivity contribution < 1.29 is 4.79 Å². The van der Waals surface area contributed by atoms with Crippen LogP contribution in [0.1, 0.15) is 21.9 Å². The Bertz CT molecular complexity index is 617. The molecule has 0 atom stereocenters. The summed E-state index contributed by atoms with van der Waals surface area (Å²) >= 11 is 5.81. The van der Waals surface area contributed by atoms with E-state index in [9.17, 15) is 4.79 Å². The average molecular weight is 278 g/mol. The summed E-state index contributed by atoms with van der Waals surface area (Å²) in [6.45, 7) is 2.10. The first-order chi connectivity index (χ1) is 9.06. The van der Waals surface area contributed by atoms with Crippen LogP contribution in [0.25, 0.3) is 0 Å². The van der Waals surface area contributed by atoms with E-state index in [1.54, 1.807) is 19.2 Å². The number of carbonyl (C=O) groups excluding carboxylic acids is 1. The van der Waals surface area contributed by atoms with Gasteiger partial charge in [-0.1, -0.05) is 11.6 Å². The fourth-order valence-electron chi connectivity index (χ4n) is 1.45. The molecule has 19 heavy (non-hydrogen) atoms. The van der Waals surface area contributed by atoms with Gasteiger partial charge in [0.25, 0.3) is 5.91 Å². The number of aryl methyl sites for hydroxylation is 1. The summed E-state index contributed by atoms with van der Waals surface area (Å²) in [4.78, 5) is 23.9. The molecular weight excluding hydrogens is 266 g/mol. The molecule has 2 aromatic heterocycles. The quantitative estimate of drug-likeness (QED) is 0.883. The van der Waals surface area contributed by atoms with Crippen molar-refractivity contribution in [3.8, 4) is 0 Å². The fourth-order valence-corrected chi connectivity index (χ4v) is 1.62. The lowest BCUT2D eigenvalue weighted by molar-refractivity contribution is 0.0950. The summed E-state index contributed by atoms with van der Waals surface area (Å²) < 4.78 is 0. The van der Waals surface area contributed by atoms with Crippen LogP contribution in [0.3, 0.4) is 0 Å². The van der Waals surface area contributed by atoms with E-state index in [0.717, 1.165) is 5.69 Å². The Morgan fingerprint density at radius 3 is 2.95 bits per heavy atom. The molecule has 7 heteroatoms. The van der Waals surface area contributed by atoms with Crippen molar-refractivity contribution in [1.82, 2.24) is 20.3 Å². The second-order valence-electron chi connectivity index (χ2n) is 3.87. The monoisotopic (exact) mass is 277 g/mol. The standard InChI is InChI=1S/C12H12ClN5O/c1-7-15-3-2-9(18-7)6-17-12(19)8-4-10(13)11(14)16-5-8/h2-5H,6H2,1H3,(H2,14,16)(H,17,19). The van der Waals surface area contributed by atoms with Crippen LogP contribution in [0.5, 0.6) is 0 Å². The zero-order valence-corrected chi connectivity index (χ0v) is 11.0. The number of carbonyl (C=O) groups is 1. The van der Waals surface area contributed by atoms with Gasteiger partial charge in [-0.15, -0.1) is 0 Å². The number of hydrogen-bond donors (Lipinski definition) is 2. The van der Waals surface area contributed by atoms with Crippen molar-refractivity contribution in [3.05, 3.63) is 46.6 Å². The first-order valence-electron chi connectivity index (χ1n) is 5.54. The number of aromatic nitrogens is 3. The number of hydrogen-bond acceptors (Lipinski definition) is 5. The summed E-state index contributed by atoms with van der Waals surface area (Å²) in [5.41, 5.74) is 6.56. The molecule has 0 aromatic carbocycles. The van der Waals surface area contributed by atoms with Gasteiger partial charge >= 0.3 is 0 Å². The van der Waals surface area contributed by atoms with Crippen LogP contribution >= 0.6 is 11.6 Å². The highest BCUT2D eigenvalue weighted by Gasteiger charge is 2.08. The molecule has 1 amide bonds. The Balaban J connectivity index is 2.03. The number of nitrogens with one attached hydrogen (secondary N) is 1. The molecule has 0 unspecified atom stereocenters. The molecule has 3 N–H and O–H groups in total. The van der Waals surface area contributed by atoms with Gasteiger partial charge in [-0.2, -0.15) is 0 Å². The van der Waals surface area contributed by atoms with E-state index in [1.165, 1.54) is 12.3 Å². The summed E-state index contributed by atoms with van der Waals surface area (Å²) in [6, 6.07) is 3.21. The van der Waals surface area contributed by atoms with Crippen molar-refractivity contribution in [2.45, 2.75) is 13.5 Å². The number of nitrogen functional groups attached to an aromatic ring is 1. The Morgan fingerprint density at radius 2 is 2.26 bits per heavy atom. The molecule has 0 aliphatic carbocycles. The molecule has 0 aliphatic heterocycles. The molecule has 0 aliphatic rings. The van der Waals surface area contributed by atoms with Crippen LogP contribution in [0.15, 0.2) is 24.5 Å². The Hall–Kier alpha value is -2.21. The molecule has 2 aromatic rings. The zero-order valence-electron chi connectivity index (χ0n) is 10.2. The van der Waals surface area contributed by atoms with E-state index in [0.29, 0.717) is 17.9 Å². The Morgan fingerprint density at radius 1 is 1.47 bits per heavy atom. The predicted octanol–water partition coefficient (Wildman–Crippen LogP) is 1.35. The van der Waals surface area contributed by atoms with E-state index in [4.69, 9.17) is 17.3 Å². The molecule has 2 rings (SSSR count). The minimum atomic E-state index is -0.286. The molecular formula is C12H12ClN5O. The average Bonchev–Trinajstić information content (AvgIpc) is 2.39. The molecule has 2 heterocycles. The van der Waals surface area contributed by atoms with Crippen molar-refractivity contribution in [1.29, 1.82) is 0 Å².